The Morgan fingerprint density at radius 3 is 2.89 bits per heavy atom. The molecular formula is C22H32N4O. The molecule has 3 aliphatic heterocycles. The second-order valence-corrected chi connectivity index (χ2v) is 8.14. The lowest BCUT2D eigenvalue weighted by Crippen LogP contribution is -2.56. The molecule has 1 aromatic heterocycles. The van der Waals surface area contributed by atoms with Gasteiger partial charge in [0.1, 0.15) is 5.75 Å². The molecule has 2 bridgehead atoms. The third kappa shape index (κ3) is 4.36. The van der Waals surface area contributed by atoms with Crippen LogP contribution in [0.25, 0.3) is 10.9 Å². The molecule has 5 rings (SSSR count). The molecule has 0 unspecified atom stereocenters. The molecule has 4 heterocycles. The first kappa shape index (κ1) is 18.5. The molecule has 3 saturated heterocycles. The lowest BCUT2D eigenvalue weighted by molar-refractivity contribution is 0.0727. The van der Waals surface area contributed by atoms with Crippen molar-refractivity contribution in [3.63, 3.8) is 0 Å². The smallest absolute Gasteiger partial charge is 0.121 e. The van der Waals surface area contributed by atoms with Crippen molar-refractivity contribution in [3.8, 4) is 5.75 Å². The Morgan fingerprint density at radius 2 is 2.15 bits per heavy atom. The molecule has 0 aliphatic carbocycles. The summed E-state index contributed by atoms with van der Waals surface area (Å²) >= 11 is 0. The van der Waals surface area contributed by atoms with E-state index in [0.717, 1.165) is 41.2 Å². The number of anilines is 1. The van der Waals surface area contributed by atoms with E-state index in [4.69, 9.17) is 4.74 Å². The summed E-state index contributed by atoms with van der Waals surface area (Å²) in [7, 11) is 1.71. The van der Waals surface area contributed by atoms with E-state index in [1.165, 1.54) is 38.9 Å². The number of hydrogen-bond donors (Lipinski definition) is 2. The van der Waals surface area contributed by atoms with Crippen molar-refractivity contribution in [2.75, 3.05) is 38.6 Å². The van der Waals surface area contributed by atoms with Gasteiger partial charge in [0, 0.05) is 36.3 Å². The Labute approximate surface area is 162 Å². The van der Waals surface area contributed by atoms with Crippen LogP contribution in [0, 0.1) is 5.92 Å². The summed E-state index contributed by atoms with van der Waals surface area (Å²) in [4.78, 5) is 7.17. The largest absolute Gasteiger partial charge is 0.497 e. The number of ether oxygens (including phenoxy) is 1. The van der Waals surface area contributed by atoms with Crippen LogP contribution in [0.1, 0.15) is 32.6 Å². The van der Waals surface area contributed by atoms with Gasteiger partial charge in [0.15, 0.2) is 0 Å². The molecule has 0 spiro atoms. The van der Waals surface area contributed by atoms with Gasteiger partial charge in [-0.1, -0.05) is 6.07 Å². The number of aromatic nitrogens is 1. The molecule has 3 aliphatic rings. The summed E-state index contributed by atoms with van der Waals surface area (Å²) in [5.41, 5.74) is 2.07. The number of hydrogen-bond acceptors (Lipinski definition) is 5. The molecule has 2 aromatic rings. The van der Waals surface area contributed by atoms with E-state index in [-0.39, 0.29) is 0 Å². The summed E-state index contributed by atoms with van der Waals surface area (Å²) in [6.45, 7) is 7.24. The first-order valence-corrected chi connectivity index (χ1v) is 10.4. The van der Waals surface area contributed by atoms with E-state index in [2.05, 4.69) is 39.6 Å². The highest BCUT2D eigenvalue weighted by Gasteiger charge is 2.33. The molecule has 5 nitrogen and oxygen atoms in total. The van der Waals surface area contributed by atoms with Crippen LogP contribution in [0.3, 0.4) is 0 Å². The van der Waals surface area contributed by atoms with Crippen molar-refractivity contribution in [2.24, 2.45) is 5.92 Å². The molecule has 146 valence electrons. The fourth-order valence-corrected chi connectivity index (χ4v) is 4.62. The van der Waals surface area contributed by atoms with Gasteiger partial charge in [0.25, 0.3) is 0 Å². The molecule has 2 atom stereocenters. The van der Waals surface area contributed by atoms with Crippen LogP contribution in [0.4, 0.5) is 5.69 Å². The predicted octanol–water partition coefficient (Wildman–Crippen LogP) is 3.51. The number of benzene rings is 1. The first-order valence-electron chi connectivity index (χ1n) is 10.4. The van der Waals surface area contributed by atoms with E-state index < -0.39 is 0 Å². The molecular weight excluding hydrogens is 336 g/mol. The highest BCUT2D eigenvalue weighted by atomic mass is 16.5. The van der Waals surface area contributed by atoms with Crippen molar-refractivity contribution >= 4 is 16.6 Å². The Bertz CT molecular complexity index is 757. The van der Waals surface area contributed by atoms with Crippen LogP contribution in [-0.4, -0.2) is 55.3 Å². The maximum atomic E-state index is 5.45. The first-order chi connectivity index (χ1) is 13.2. The number of pyridine rings is 1. The molecule has 2 N–H and O–H groups in total. The summed E-state index contributed by atoms with van der Waals surface area (Å²) in [5.74, 6) is 1.77. The second kappa shape index (κ2) is 8.44. The zero-order chi connectivity index (χ0) is 18.6. The maximum Gasteiger partial charge on any atom is 0.121 e. The Kier molecular flexibility index (Phi) is 5.79. The highest BCUT2D eigenvalue weighted by Crippen LogP contribution is 2.29. The minimum atomic E-state index is 0.399. The lowest BCUT2D eigenvalue weighted by Gasteiger charge is -2.45. The fourth-order valence-electron chi connectivity index (χ4n) is 4.62. The van der Waals surface area contributed by atoms with Gasteiger partial charge >= 0.3 is 0 Å². The zero-order valence-corrected chi connectivity index (χ0v) is 16.6. The number of nitrogens with one attached hydrogen (secondary N) is 2. The zero-order valence-electron chi connectivity index (χ0n) is 16.6. The Hall–Kier alpha value is -1.85. The van der Waals surface area contributed by atoms with Crippen molar-refractivity contribution in [3.05, 3.63) is 30.5 Å². The van der Waals surface area contributed by atoms with E-state index in [9.17, 15) is 0 Å². The SMILES string of the molecule is COc1cc(N[C@H](C)CCCN[C@@H]2CN3CCC2CC3)c2ncccc2c1. The fraction of sp³-hybridized carbons (Fsp3) is 0.591. The molecule has 3 fully saturated rings. The van der Waals surface area contributed by atoms with Gasteiger partial charge in [0.2, 0.25) is 0 Å². The van der Waals surface area contributed by atoms with Crippen LogP contribution in [0.2, 0.25) is 0 Å². The summed E-state index contributed by atoms with van der Waals surface area (Å²) in [6.07, 6.45) is 6.94. The Balaban J connectivity index is 1.28. The molecule has 27 heavy (non-hydrogen) atoms. The third-order valence-electron chi connectivity index (χ3n) is 6.19. The number of methoxy groups -OCH3 is 1. The lowest BCUT2D eigenvalue weighted by atomic mass is 9.84. The summed E-state index contributed by atoms with van der Waals surface area (Å²) in [6, 6.07) is 9.25. The van der Waals surface area contributed by atoms with Crippen LogP contribution in [-0.2, 0) is 0 Å². The van der Waals surface area contributed by atoms with Gasteiger partial charge in [-0.25, -0.2) is 0 Å². The number of piperidine rings is 3. The van der Waals surface area contributed by atoms with Gasteiger partial charge in [0.05, 0.1) is 18.3 Å². The van der Waals surface area contributed by atoms with Crippen LogP contribution >= 0.6 is 0 Å². The van der Waals surface area contributed by atoms with Crippen molar-refractivity contribution in [1.29, 1.82) is 0 Å². The van der Waals surface area contributed by atoms with E-state index in [0.29, 0.717) is 12.1 Å². The Morgan fingerprint density at radius 1 is 1.30 bits per heavy atom. The number of fused-ring (bicyclic) bond motifs is 4. The molecule has 5 heteroatoms. The molecule has 0 saturated carbocycles. The third-order valence-corrected chi connectivity index (χ3v) is 6.19. The van der Waals surface area contributed by atoms with Gasteiger partial charge in [-0.2, -0.15) is 0 Å². The van der Waals surface area contributed by atoms with Crippen molar-refractivity contribution in [1.82, 2.24) is 15.2 Å². The van der Waals surface area contributed by atoms with Crippen molar-refractivity contribution < 1.29 is 4.74 Å². The minimum Gasteiger partial charge on any atom is -0.497 e. The van der Waals surface area contributed by atoms with Gasteiger partial charge in [-0.3, -0.25) is 4.98 Å². The second-order valence-electron chi connectivity index (χ2n) is 8.14. The summed E-state index contributed by atoms with van der Waals surface area (Å²) in [5, 5.41) is 8.57. The van der Waals surface area contributed by atoms with E-state index >= 15 is 0 Å². The number of rotatable bonds is 8. The minimum absolute atomic E-state index is 0.399. The average molecular weight is 369 g/mol. The molecule has 0 radical (unpaired) electrons. The highest BCUT2D eigenvalue weighted by molar-refractivity contribution is 5.91. The normalized spacial score (nSPS) is 25.5. The van der Waals surface area contributed by atoms with Gasteiger partial charge in [-0.15, -0.1) is 0 Å². The molecule has 0 amide bonds. The quantitative estimate of drug-likeness (QED) is 0.699. The van der Waals surface area contributed by atoms with E-state index in [1.807, 2.05) is 18.3 Å². The average Bonchev–Trinajstić information content (AvgIpc) is 2.72. The van der Waals surface area contributed by atoms with Gasteiger partial charge < -0.3 is 20.3 Å². The van der Waals surface area contributed by atoms with Crippen molar-refractivity contribution in [2.45, 2.75) is 44.7 Å². The predicted molar refractivity (Wildman–Crippen MR) is 112 cm³/mol. The number of nitrogens with zero attached hydrogens (tertiary/aromatic N) is 2. The van der Waals surface area contributed by atoms with E-state index in [1.54, 1.807) is 7.11 Å². The van der Waals surface area contributed by atoms with Gasteiger partial charge in [-0.05, 0) is 70.3 Å². The monoisotopic (exact) mass is 368 g/mol. The topological polar surface area (TPSA) is 49.4 Å². The standard InChI is InChI=1S/C22H32N4O/c1-16(5-3-9-23-21-15-26-11-7-17(21)8-12-26)25-20-14-19(27-2)13-18-6-4-10-24-22(18)20/h4,6,10,13-14,16-17,21,23,25H,3,5,7-9,11-12,15H2,1-2H3/t16-,21-/m1/s1. The van der Waals surface area contributed by atoms with Crippen LogP contribution in [0.5, 0.6) is 5.75 Å². The molecule has 1 aromatic carbocycles. The van der Waals surface area contributed by atoms with Crippen LogP contribution < -0.4 is 15.4 Å². The van der Waals surface area contributed by atoms with Crippen LogP contribution in [0.15, 0.2) is 30.5 Å². The maximum absolute atomic E-state index is 5.45. The summed E-state index contributed by atoms with van der Waals surface area (Å²) < 4.78 is 5.45.